The van der Waals surface area contributed by atoms with Crippen LogP contribution < -0.4 is 10.6 Å². The van der Waals surface area contributed by atoms with Gasteiger partial charge in [0, 0.05) is 36.3 Å². The number of nitrogens with one attached hydrogen (secondary N) is 2. The van der Waals surface area contributed by atoms with Gasteiger partial charge in [-0.25, -0.2) is 9.48 Å². The summed E-state index contributed by atoms with van der Waals surface area (Å²) in [6.45, 7) is 4.99. The minimum absolute atomic E-state index is 0.248. The fourth-order valence-electron chi connectivity index (χ4n) is 4.04. The van der Waals surface area contributed by atoms with Gasteiger partial charge in [-0.2, -0.15) is 5.10 Å². The van der Waals surface area contributed by atoms with Gasteiger partial charge in [-0.05, 0) is 55.3 Å². The first kappa shape index (κ1) is 21.5. The van der Waals surface area contributed by atoms with Crippen molar-refractivity contribution in [3.05, 3.63) is 71.9 Å². The molecule has 0 radical (unpaired) electrons. The summed E-state index contributed by atoms with van der Waals surface area (Å²) < 4.78 is 1.96. The van der Waals surface area contributed by atoms with Gasteiger partial charge < -0.3 is 5.32 Å². The van der Waals surface area contributed by atoms with Gasteiger partial charge in [-0.1, -0.05) is 30.3 Å². The summed E-state index contributed by atoms with van der Waals surface area (Å²) in [5, 5.41) is 10.4. The number of carbonyl (C=O) groups is 1. The van der Waals surface area contributed by atoms with E-state index in [1.54, 1.807) is 18.0 Å². The van der Waals surface area contributed by atoms with Crippen LogP contribution >= 0.6 is 11.8 Å². The van der Waals surface area contributed by atoms with Crippen LogP contribution in [0.5, 0.6) is 0 Å². The van der Waals surface area contributed by atoms with Crippen LogP contribution in [0.15, 0.2) is 65.7 Å². The predicted molar refractivity (Wildman–Crippen MR) is 128 cm³/mol. The maximum Gasteiger partial charge on any atom is 0.324 e. The number of thioether (sulfide) groups is 1. The lowest BCUT2D eigenvalue weighted by atomic mass is 10.0. The van der Waals surface area contributed by atoms with Crippen LogP contribution in [0.3, 0.4) is 0 Å². The topological polar surface area (TPSA) is 62.2 Å². The first-order valence-corrected chi connectivity index (χ1v) is 11.9. The van der Waals surface area contributed by atoms with Crippen molar-refractivity contribution in [3.63, 3.8) is 0 Å². The van der Waals surface area contributed by atoms with Crippen molar-refractivity contribution in [3.8, 4) is 0 Å². The number of rotatable bonds is 6. The highest BCUT2D eigenvalue weighted by atomic mass is 32.2. The van der Waals surface area contributed by atoms with Gasteiger partial charge in [0.1, 0.15) is 5.82 Å². The maximum atomic E-state index is 12.5. The molecule has 2 heterocycles. The number of carbonyl (C=O) groups excluding carboxylic acids is 1. The minimum atomic E-state index is -0.248. The smallest absolute Gasteiger partial charge is 0.307 e. The van der Waals surface area contributed by atoms with Crippen molar-refractivity contribution in [2.45, 2.75) is 37.2 Å². The predicted octanol–water partition coefficient (Wildman–Crippen LogP) is 5.39. The number of aryl methyl sites for hydroxylation is 1. The second kappa shape index (κ2) is 10.0. The molecule has 1 aliphatic heterocycles. The Labute approximate surface area is 188 Å². The van der Waals surface area contributed by atoms with E-state index in [0.717, 1.165) is 49.5 Å². The molecule has 2 aromatic carbocycles. The molecule has 162 valence electrons. The first-order chi connectivity index (χ1) is 15.1. The molecule has 0 unspecified atom stereocenters. The molecule has 6 nitrogen and oxygen atoms in total. The van der Waals surface area contributed by atoms with Crippen molar-refractivity contribution in [2.75, 3.05) is 30.0 Å². The van der Waals surface area contributed by atoms with E-state index in [2.05, 4.69) is 51.2 Å². The van der Waals surface area contributed by atoms with Crippen LogP contribution in [-0.2, 0) is 6.54 Å². The molecule has 1 saturated heterocycles. The van der Waals surface area contributed by atoms with Crippen LogP contribution in [0.25, 0.3) is 0 Å². The zero-order valence-electron chi connectivity index (χ0n) is 18.0. The third kappa shape index (κ3) is 5.48. The normalized spacial score (nSPS) is 15.0. The second-order valence-corrected chi connectivity index (χ2v) is 8.79. The highest BCUT2D eigenvalue weighted by Gasteiger charge is 2.23. The lowest BCUT2D eigenvalue weighted by Crippen LogP contribution is -2.35. The number of anilines is 2. The van der Waals surface area contributed by atoms with Crippen molar-refractivity contribution < 1.29 is 4.79 Å². The number of benzene rings is 2. The molecule has 2 amide bonds. The van der Waals surface area contributed by atoms with Crippen LogP contribution in [0.4, 0.5) is 16.3 Å². The summed E-state index contributed by atoms with van der Waals surface area (Å²) in [6.07, 6.45) is 5.89. The number of nitrogens with zero attached hydrogens (tertiary/aromatic N) is 3. The van der Waals surface area contributed by atoms with Gasteiger partial charge in [0.15, 0.2) is 0 Å². The summed E-state index contributed by atoms with van der Waals surface area (Å²) in [4.78, 5) is 16.3. The Balaban J connectivity index is 1.33. The van der Waals surface area contributed by atoms with Crippen molar-refractivity contribution in [1.82, 2.24) is 14.7 Å². The number of aromatic nitrogens is 2. The molecule has 2 N–H and O–H groups in total. The number of hydrogen-bond donors (Lipinski definition) is 2. The Morgan fingerprint density at radius 3 is 2.68 bits per heavy atom. The monoisotopic (exact) mass is 435 g/mol. The number of para-hydroxylation sites is 1. The lowest BCUT2D eigenvalue weighted by molar-refractivity contribution is 0.174. The summed E-state index contributed by atoms with van der Waals surface area (Å²) in [7, 11) is 0. The quantitative estimate of drug-likeness (QED) is 0.509. The van der Waals surface area contributed by atoms with Gasteiger partial charge in [0.05, 0.1) is 12.2 Å². The average Bonchev–Trinajstić information content (AvgIpc) is 3.24. The molecule has 0 spiro atoms. The number of hydrogen-bond acceptors (Lipinski definition) is 4. The van der Waals surface area contributed by atoms with Crippen molar-refractivity contribution >= 4 is 29.3 Å². The largest absolute Gasteiger partial charge is 0.324 e. The van der Waals surface area contributed by atoms with E-state index in [1.807, 2.05) is 41.9 Å². The third-order valence-corrected chi connectivity index (χ3v) is 6.47. The van der Waals surface area contributed by atoms with E-state index in [9.17, 15) is 4.79 Å². The van der Waals surface area contributed by atoms with E-state index >= 15 is 0 Å². The SMILES string of the molecule is CSc1cccc(CN2CCC(n3nccc3NC(=O)Nc3ccccc3C)CC2)c1. The molecule has 1 aromatic heterocycles. The Bertz CT molecular complexity index is 1030. The second-order valence-electron chi connectivity index (χ2n) is 7.91. The molecule has 4 rings (SSSR count). The number of urea groups is 1. The number of likely N-dealkylation sites (tertiary alicyclic amines) is 1. The van der Waals surface area contributed by atoms with E-state index < -0.39 is 0 Å². The third-order valence-electron chi connectivity index (χ3n) is 5.75. The molecule has 31 heavy (non-hydrogen) atoms. The highest BCUT2D eigenvalue weighted by Crippen LogP contribution is 2.27. The minimum Gasteiger partial charge on any atom is -0.307 e. The number of piperidine rings is 1. The van der Waals surface area contributed by atoms with Gasteiger partial charge in [-0.15, -0.1) is 11.8 Å². The first-order valence-electron chi connectivity index (χ1n) is 10.6. The Morgan fingerprint density at radius 2 is 1.90 bits per heavy atom. The van der Waals surface area contributed by atoms with Crippen LogP contribution in [-0.4, -0.2) is 40.1 Å². The van der Waals surface area contributed by atoms with Crippen LogP contribution in [0.2, 0.25) is 0 Å². The van der Waals surface area contributed by atoms with E-state index in [0.29, 0.717) is 0 Å². The fourth-order valence-corrected chi connectivity index (χ4v) is 4.52. The summed E-state index contributed by atoms with van der Waals surface area (Å²) in [5.74, 6) is 0.734. The molecular weight excluding hydrogens is 406 g/mol. The van der Waals surface area contributed by atoms with E-state index in [-0.39, 0.29) is 12.1 Å². The van der Waals surface area contributed by atoms with Gasteiger partial charge in [0.25, 0.3) is 0 Å². The Hall–Kier alpha value is -2.77. The van der Waals surface area contributed by atoms with Gasteiger partial charge in [0.2, 0.25) is 0 Å². The van der Waals surface area contributed by atoms with Gasteiger partial charge in [-0.3, -0.25) is 10.2 Å². The summed E-state index contributed by atoms with van der Waals surface area (Å²) in [6, 6.07) is 18.4. The van der Waals surface area contributed by atoms with Crippen LogP contribution in [0, 0.1) is 6.92 Å². The molecule has 3 aromatic rings. The lowest BCUT2D eigenvalue weighted by Gasteiger charge is -2.32. The Morgan fingerprint density at radius 1 is 1.10 bits per heavy atom. The molecule has 7 heteroatoms. The molecule has 1 aliphatic rings. The molecule has 0 saturated carbocycles. The fraction of sp³-hybridized carbons (Fsp3) is 0.333. The highest BCUT2D eigenvalue weighted by molar-refractivity contribution is 7.98. The summed E-state index contributed by atoms with van der Waals surface area (Å²) >= 11 is 1.78. The summed E-state index contributed by atoms with van der Waals surface area (Å²) in [5.41, 5.74) is 3.20. The van der Waals surface area contributed by atoms with E-state index in [4.69, 9.17) is 0 Å². The van der Waals surface area contributed by atoms with Gasteiger partial charge >= 0.3 is 6.03 Å². The molecule has 0 atom stereocenters. The standard InChI is InChI=1S/C24H29N5OS/c1-18-6-3-4-9-22(18)26-24(30)27-23-10-13-25-29(23)20-11-14-28(15-12-20)17-19-7-5-8-21(16-19)31-2/h3-10,13,16,20H,11-12,14-15,17H2,1-2H3,(H2,26,27,30). The average molecular weight is 436 g/mol. The zero-order valence-corrected chi connectivity index (χ0v) is 18.9. The maximum absolute atomic E-state index is 12.5. The zero-order chi connectivity index (χ0) is 21.6. The Kier molecular flexibility index (Phi) is 6.94. The number of amides is 2. The molecule has 1 fully saturated rings. The van der Waals surface area contributed by atoms with Crippen LogP contribution in [0.1, 0.15) is 30.0 Å². The molecule has 0 bridgehead atoms. The van der Waals surface area contributed by atoms with Crippen molar-refractivity contribution in [2.24, 2.45) is 0 Å². The molecular formula is C24H29N5OS. The molecule has 0 aliphatic carbocycles. The van der Waals surface area contributed by atoms with E-state index in [1.165, 1.54) is 10.5 Å². The van der Waals surface area contributed by atoms with Crippen molar-refractivity contribution in [1.29, 1.82) is 0 Å².